The number of nitrogens with two attached hydrogens (primary N) is 1. The van der Waals surface area contributed by atoms with Gasteiger partial charge in [-0.3, -0.25) is 4.79 Å². The van der Waals surface area contributed by atoms with Gasteiger partial charge in [-0.05, 0) is 45.1 Å². The predicted molar refractivity (Wildman–Crippen MR) is 114 cm³/mol. The highest BCUT2D eigenvalue weighted by atomic mass is 35.5. The second-order valence-electron chi connectivity index (χ2n) is 8.49. The summed E-state index contributed by atoms with van der Waals surface area (Å²) in [6.45, 7) is 5.11. The van der Waals surface area contributed by atoms with E-state index in [1.54, 1.807) is 4.57 Å². The number of fused-ring (bicyclic) bond motifs is 1. The lowest BCUT2D eigenvalue weighted by Gasteiger charge is -2.28. The van der Waals surface area contributed by atoms with Gasteiger partial charge in [-0.15, -0.1) is 12.4 Å². The van der Waals surface area contributed by atoms with Crippen LogP contribution in [0.4, 0.5) is 10.1 Å². The van der Waals surface area contributed by atoms with E-state index >= 15 is 4.39 Å². The van der Waals surface area contributed by atoms with Crippen molar-refractivity contribution in [2.24, 2.45) is 11.7 Å². The Bertz CT molecular complexity index is 1040. The van der Waals surface area contributed by atoms with E-state index in [2.05, 4.69) is 0 Å². The van der Waals surface area contributed by atoms with Crippen molar-refractivity contribution in [3.63, 3.8) is 0 Å². The summed E-state index contributed by atoms with van der Waals surface area (Å²) < 4.78 is 16.8. The van der Waals surface area contributed by atoms with E-state index < -0.39 is 17.2 Å². The number of aromatic nitrogens is 1. The zero-order valence-corrected chi connectivity index (χ0v) is 17.8. The van der Waals surface area contributed by atoms with Crippen molar-refractivity contribution in [1.29, 1.82) is 0 Å². The molecule has 0 amide bonds. The largest absolute Gasteiger partial charge is 0.477 e. The Labute approximate surface area is 178 Å². The topological polar surface area (TPSA) is 88.6 Å². The van der Waals surface area contributed by atoms with Crippen LogP contribution < -0.4 is 16.1 Å². The van der Waals surface area contributed by atoms with Crippen LogP contribution in [0.15, 0.2) is 17.1 Å². The number of hydrogen-bond acceptors (Lipinski definition) is 4. The summed E-state index contributed by atoms with van der Waals surface area (Å²) in [5.74, 6) is -1.75. The quantitative estimate of drug-likeness (QED) is 0.749. The van der Waals surface area contributed by atoms with E-state index in [1.807, 2.05) is 18.7 Å². The molecule has 4 rings (SSSR count). The molecule has 2 heterocycles. The highest BCUT2D eigenvalue weighted by molar-refractivity contribution is 6.38. The molecule has 1 aromatic heterocycles. The smallest absolute Gasteiger partial charge is 0.341 e. The second kappa shape index (κ2) is 7.45. The molecule has 1 saturated heterocycles. The Kier molecular flexibility index (Phi) is 5.62. The van der Waals surface area contributed by atoms with E-state index in [4.69, 9.17) is 17.3 Å². The van der Waals surface area contributed by atoms with Crippen molar-refractivity contribution in [1.82, 2.24) is 4.57 Å². The van der Waals surface area contributed by atoms with Crippen molar-refractivity contribution in [2.45, 2.75) is 44.7 Å². The molecule has 0 bridgehead atoms. The number of carbonyl (C=O) groups is 1. The second-order valence-corrected chi connectivity index (χ2v) is 8.86. The summed E-state index contributed by atoms with van der Waals surface area (Å²) in [6.07, 6.45) is 3.90. The molecule has 2 aromatic rings. The molecule has 0 radical (unpaired) electrons. The molecule has 6 nitrogen and oxygen atoms in total. The zero-order chi connectivity index (χ0) is 20.4. The van der Waals surface area contributed by atoms with Crippen LogP contribution in [0.25, 0.3) is 10.9 Å². The van der Waals surface area contributed by atoms with Crippen molar-refractivity contribution in [2.75, 3.05) is 18.0 Å². The van der Waals surface area contributed by atoms with Gasteiger partial charge in [0.15, 0.2) is 0 Å². The minimum atomic E-state index is -1.32. The van der Waals surface area contributed by atoms with E-state index in [0.717, 1.165) is 25.3 Å². The Morgan fingerprint density at radius 3 is 2.52 bits per heavy atom. The van der Waals surface area contributed by atoms with Gasteiger partial charge in [0.25, 0.3) is 0 Å². The number of nitrogens with zero attached hydrogens (tertiary/aromatic N) is 2. The Hall–Kier alpha value is -1.83. The van der Waals surface area contributed by atoms with Gasteiger partial charge < -0.3 is 20.3 Å². The Morgan fingerprint density at radius 2 is 2.00 bits per heavy atom. The van der Waals surface area contributed by atoms with Crippen LogP contribution in [0.5, 0.6) is 0 Å². The van der Waals surface area contributed by atoms with E-state index in [0.29, 0.717) is 18.6 Å². The maximum Gasteiger partial charge on any atom is 0.341 e. The van der Waals surface area contributed by atoms with E-state index in [1.165, 1.54) is 6.20 Å². The van der Waals surface area contributed by atoms with Gasteiger partial charge in [0.05, 0.1) is 21.6 Å². The minimum Gasteiger partial charge on any atom is -0.477 e. The van der Waals surface area contributed by atoms with Crippen molar-refractivity contribution >= 4 is 46.6 Å². The number of hydrogen-bond donors (Lipinski definition) is 2. The first-order valence-electron chi connectivity index (χ1n) is 9.43. The van der Waals surface area contributed by atoms with Gasteiger partial charge in [0.1, 0.15) is 11.4 Å². The molecule has 29 heavy (non-hydrogen) atoms. The molecule has 1 aromatic carbocycles. The monoisotopic (exact) mass is 443 g/mol. The lowest BCUT2D eigenvalue weighted by molar-refractivity contribution is 0.0695. The maximum atomic E-state index is 15.1. The molecule has 1 aliphatic carbocycles. The third-order valence-corrected chi connectivity index (χ3v) is 6.27. The first kappa shape index (κ1) is 21.9. The lowest BCUT2D eigenvalue weighted by Crippen LogP contribution is -2.42. The van der Waals surface area contributed by atoms with Crippen LogP contribution in [0.1, 0.15) is 49.5 Å². The van der Waals surface area contributed by atoms with Crippen molar-refractivity contribution in [3.05, 3.63) is 38.9 Å². The normalized spacial score (nSPS) is 19.5. The fourth-order valence-electron chi connectivity index (χ4n) is 4.09. The first-order valence-corrected chi connectivity index (χ1v) is 9.81. The van der Waals surface area contributed by atoms with Gasteiger partial charge in [-0.2, -0.15) is 0 Å². The molecule has 2 aliphatic rings. The molecule has 3 N–H and O–H groups in total. The Balaban J connectivity index is 0.00000240. The molecule has 1 unspecified atom stereocenters. The standard InChI is InChI=1S/C20H23ClFN3O3.ClH/c1-20(2,23)10-5-6-24(8-10)17-14(22)7-12-16(15(17)21)25(11-3-4-11)9-13(18(12)26)19(27)28;/h7,9-11H,3-6,8,23H2,1-2H3,(H,27,28);1H. The minimum absolute atomic E-state index is 0. The van der Waals surface area contributed by atoms with Gasteiger partial charge in [0.2, 0.25) is 5.43 Å². The average Bonchev–Trinajstić information content (AvgIpc) is 3.31. The number of halogens is 3. The summed E-state index contributed by atoms with van der Waals surface area (Å²) >= 11 is 6.65. The van der Waals surface area contributed by atoms with Crippen LogP contribution in [0, 0.1) is 11.7 Å². The maximum absolute atomic E-state index is 15.1. The number of pyridine rings is 1. The molecule has 1 saturated carbocycles. The number of aromatic carboxylic acids is 1. The SMILES string of the molecule is CC(C)(N)C1CCN(c2c(F)cc3c(=O)c(C(=O)O)cn(C4CC4)c3c2Cl)C1.Cl. The summed E-state index contributed by atoms with van der Waals surface area (Å²) in [4.78, 5) is 26.0. The summed E-state index contributed by atoms with van der Waals surface area (Å²) in [7, 11) is 0. The van der Waals surface area contributed by atoms with Crippen LogP contribution >= 0.6 is 24.0 Å². The van der Waals surface area contributed by atoms with Crippen LogP contribution in [0.3, 0.4) is 0 Å². The number of benzene rings is 1. The predicted octanol–water partition coefficient (Wildman–Crippen LogP) is 3.81. The van der Waals surface area contributed by atoms with Gasteiger partial charge in [-0.1, -0.05) is 11.6 Å². The summed E-state index contributed by atoms with van der Waals surface area (Å²) in [5.41, 5.74) is 5.43. The van der Waals surface area contributed by atoms with E-state index in [-0.39, 0.29) is 51.6 Å². The van der Waals surface area contributed by atoms with Crippen molar-refractivity contribution < 1.29 is 14.3 Å². The van der Waals surface area contributed by atoms with Gasteiger partial charge in [0, 0.05) is 30.9 Å². The van der Waals surface area contributed by atoms with Crippen LogP contribution in [-0.2, 0) is 0 Å². The molecule has 158 valence electrons. The number of rotatable bonds is 4. The fourth-order valence-corrected chi connectivity index (χ4v) is 4.49. The van der Waals surface area contributed by atoms with Gasteiger partial charge >= 0.3 is 5.97 Å². The van der Waals surface area contributed by atoms with Crippen molar-refractivity contribution in [3.8, 4) is 0 Å². The lowest BCUT2D eigenvalue weighted by atomic mass is 9.88. The highest BCUT2D eigenvalue weighted by Crippen LogP contribution is 2.43. The fraction of sp³-hybridized carbons (Fsp3) is 0.500. The molecule has 2 fully saturated rings. The third kappa shape index (κ3) is 3.71. The summed E-state index contributed by atoms with van der Waals surface area (Å²) in [6, 6.07) is 1.21. The third-order valence-electron chi connectivity index (χ3n) is 5.91. The Morgan fingerprint density at radius 1 is 1.34 bits per heavy atom. The zero-order valence-electron chi connectivity index (χ0n) is 16.2. The van der Waals surface area contributed by atoms with Crippen LogP contribution in [-0.4, -0.2) is 34.3 Å². The van der Waals surface area contributed by atoms with Gasteiger partial charge in [-0.25, -0.2) is 9.18 Å². The molecular weight excluding hydrogens is 420 g/mol. The molecule has 1 aliphatic heterocycles. The number of anilines is 1. The highest BCUT2D eigenvalue weighted by Gasteiger charge is 2.35. The van der Waals surface area contributed by atoms with E-state index in [9.17, 15) is 14.7 Å². The molecule has 9 heteroatoms. The van der Waals surface area contributed by atoms with Crippen LogP contribution in [0.2, 0.25) is 5.02 Å². The number of carboxylic acids is 1. The number of carboxylic acid groups (broad SMARTS) is 1. The molecule has 1 atom stereocenters. The first-order chi connectivity index (χ1) is 13.1. The summed E-state index contributed by atoms with van der Waals surface area (Å²) in [5, 5.41) is 9.53. The molecular formula is C20H24Cl2FN3O3. The molecule has 0 spiro atoms. The average molecular weight is 444 g/mol.